The van der Waals surface area contributed by atoms with Gasteiger partial charge < -0.3 is 10.8 Å². The normalized spacial score (nSPS) is 10.7. The number of thiophene rings is 1. The fourth-order valence-corrected chi connectivity index (χ4v) is 2.15. The number of nitrogens with two attached hydrogens (primary N) is 1. The molecule has 4 N–H and O–H groups in total. The summed E-state index contributed by atoms with van der Waals surface area (Å²) in [7, 11) is 0. The second-order valence-electron chi connectivity index (χ2n) is 3.52. The molecule has 4 nitrogen and oxygen atoms in total. The van der Waals surface area contributed by atoms with Gasteiger partial charge in [-0.05, 0) is 52.3 Å². The minimum absolute atomic E-state index is 0.0831. The predicted octanol–water partition coefficient (Wildman–Crippen LogP) is 2.29. The minimum Gasteiger partial charge on any atom is -0.507 e. The first kappa shape index (κ1) is 12.5. The lowest BCUT2D eigenvalue weighted by molar-refractivity contribution is 0.474. The summed E-state index contributed by atoms with van der Waals surface area (Å²) in [5, 5.41) is 17.7. The van der Waals surface area contributed by atoms with Crippen molar-refractivity contribution in [3.63, 3.8) is 0 Å². The number of hydrogen-bond donors (Lipinski definition) is 3. The Morgan fingerprint density at radius 1 is 1.39 bits per heavy atom. The van der Waals surface area contributed by atoms with E-state index in [1.165, 1.54) is 6.21 Å². The third-order valence-corrected chi connectivity index (χ3v) is 3.03. The van der Waals surface area contributed by atoms with Gasteiger partial charge in [0.15, 0.2) is 5.11 Å². The molecule has 0 aliphatic carbocycles. The molecule has 1 aromatic carbocycles. The quantitative estimate of drug-likeness (QED) is 0.457. The highest BCUT2D eigenvalue weighted by atomic mass is 32.1. The molecule has 0 radical (unpaired) electrons. The number of aromatic hydroxyl groups is 1. The number of benzene rings is 1. The summed E-state index contributed by atoms with van der Waals surface area (Å²) in [5.74, 6) is 0.155. The summed E-state index contributed by atoms with van der Waals surface area (Å²) in [5.41, 5.74) is 10.4. The summed E-state index contributed by atoms with van der Waals surface area (Å²) in [6.07, 6.45) is 1.48. The van der Waals surface area contributed by atoms with Gasteiger partial charge in [0.25, 0.3) is 0 Å². The van der Waals surface area contributed by atoms with E-state index in [-0.39, 0.29) is 10.9 Å². The lowest BCUT2D eigenvalue weighted by Gasteiger charge is -2.03. The summed E-state index contributed by atoms with van der Waals surface area (Å²) in [6, 6.07) is 7.36. The third kappa shape index (κ3) is 3.06. The van der Waals surface area contributed by atoms with Crippen molar-refractivity contribution in [1.82, 2.24) is 5.43 Å². The average Bonchev–Trinajstić information content (AvgIpc) is 2.84. The van der Waals surface area contributed by atoms with Gasteiger partial charge in [-0.2, -0.15) is 16.4 Å². The Kier molecular flexibility index (Phi) is 3.91. The van der Waals surface area contributed by atoms with Crippen LogP contribution in [-0.2, 0) is 0 Å². The zero-order valence-electron chi connectivity index (χ0n) is 9.33. The number of nitrogens with zero attached hydrogens (tertiary/aromatic N) is 1. The molecule has 0 unspecified atom stereocenters. The molecular weight excluding hydrogens is 266 g/mol. The van der Waals surface area contributed by atoms with E-state index in [0.717, 1.165) is 11.1 Å². The summed E-state index contributed by atoms with van der Waals surface area (Å²) < 4.78 is 0. The molecule has 0 aliphatic heterocycles. The highest BCUT2D eigenvalue weighted by molar-refractivity contribution is 7.80. The number of phenolic OH excluding ortho intramolecular Hbond substituents is 1. The molecule has 0 fully saturated rings. The zero-order chi connectivity index (χ0) is 13.0. The van der Waals surface area contributed by atoms with E-state index in [1.54, 1.807) is 17.4 Å². The SMILES string of the molecule is NC(=S)NN=Cc1cc(-c2ccsc2)ccc1O. The van der Waals surface area contributed by atoms with Gasteiger partial charge in [-0.3, -0.25) is 5.43 Å². The van der Waals surface area contributed by atoms with Crippen LogP contribution in [0.3, 0.4) is 0 Å². The van der Waals surface area contributed by atoms with Crippen LogP contribution in [0.4, 0.5) is 0 Å². The van der Waals surface area contributed by atoms with E-state index in [1.807, 2.05) is 29.0 Å². The maximum atomic E-state index is 9.72. The van der Waals surface area contributed by atoms with E-state index in [0.29, 0.717) is 5.56 Å². The second kappa shape index (κ2) is 5.61. The van der Waals surface area contributed by atoms with Gasteiger partial charge >= 0.3 is 0 Å². The smallest absolute Gasteiger partial charge is 0.184 e. The molecule has 0 spiro atoms. The Morgan fingerprint density at radius 2 is 2.22 bits per heavy atom. The van der Waals surface area contributed by atoms with E-state index in [4.69, 9.17) is 5.73 Å². The van der Waals surface area contributed by atoms with E-state index >= 15 is 0 Å². The van der Waals surface area contributed by atoms with Crippen LogP contribution in [0.15, 0.2) is 40.1 Å². The number of nitrogens with one attached hydrogen (secondary N) is 1. The second-order valence-corrected chi connectivity index (χ2v) is 4.74. The van der Waals surface area contributed by atoms with Crippen LogP contribution in [-0.4, -0.2) is 16.4 Å². The number of hydrazone groups is 1. The minimum atomic E-state index is 0.0831. The first-order valence-corrected chi connectivity index (χ1v) is 6.46. The standard InChI is InChI=1S/C12H11N3OS2/c13-12(17)15-14-6-10-5-8(1-2-11(10)16)9-3-4-18-7-9/h1-7,16H,(H3,13,15,17). The molecule has 0 bridgehead atoms. The Labute approximate surface area is 114 Å². The van der Waals surface area contributed by atoms with Crippen LogP contribution in [0.1, 0.15) is 5.56 Å². The molecule has 2 rings (SSSR count). The number of rotatable bonds is 3. The topological polar surface area (TPSA) is 70.6 Å². The van der Waals surface area contributed by atoms with Gasteiger partial charge in [0, 0.05) is 5.56 Å². The molecule has 0 saturated heterocycles. The zero-order valence-corrected chi connectivity index (χ0v) is 11.0. The summed E-state index contributed by atoms with van der Waals surface area (Å²) in [6.45, 7) is 0. The Morgan fingerprint density at radius 3 is 2.89 bits per heavy atom. The summed E-state index contributed by atoms with van der Waals surface area (Å²) >= 11 is 6.25. The van der Waals surface area contributed by atoms with Gasteiger partial charge in [0.2, 0.25) is 0 Å². The van der Waals surface area contributed by atoms with Gasteiger partial charge in [-0.1, -0.05) is 6.07 Å². The van der Waals surface area contributed by atoms with Crippen LogP contribution < -0.4 is 11.2 Å². The van der Waals surface area contributed by atoms with Crippen molar-refractivity contribution in [2.75, 3.05) is 0 Å². The summed E-state index contributed by atoms with van der Waals surface area (Å²) in [4.78, 5) is 0. The maximum Gasteiger partial charge on any atom is 0.184 e. The molecule has 1 aromatic heterocycles. The Bertz CT molecular complexity index is 579. The first-order chi connectivity index (χ1) is 8.66. The van der Waals surface area contributed by atoms with Crippen molar-refractivity contribution in [2.45, 2.75) is 0 Å². The first-order valence-electron chi connectivity index (χ1n) is 5.11. The average molecular weight is 277 g/mol. The van der Waals surface area contributed by atoms with Crippen molar-refractivity contribution < 1.29 is 5.11 Å². The van der Waals surface area contributed by atoms with Crippen molar-refractivity contribution >= 4 is 34.9 Å². The monoisotopic (exact) mass is 277 g/mol. The molecule has 6 heteroatoms. The van der Waals surface area contributed by atoms with Crippen LogP contribution in [0.2, 0.25) is 0 Å². The molecule has 1 heterocycles. The van der Waals surface area contributed by atoms with Gasteiger partial charge in [-0.25, -0.2) is 0 Å². The number of hydrogen-bond acceptors (Lipinski definition) is 4. The van der Waals surface area contributed by atoms with Gasteiger partial charge in [0.1, 0.15) is 5.75 Å². The molecule has 0 aliphatic rings. The van der Waals surface area contributed by atoms with Crippen molar-refractivity contribution in [1.29, 1.82) is 0 Å². The fourth-order valence-electron chi connectivity index (χ4n) is 1.43. The fraction of sp³-hybridized carbons (Fsp3) is 0. The lowest BCUT2D eigenvalue weighted by atomic mass is 10.1. The van der Waals surface area contributed by atoms with Crippen molar-refractivity contribution in [3.8, 4) is 16.9 Å². The Balaban J connectivity index is 2.27. The highest BCUT2D eigenvalue weighted by Crippen LogP contribution is 2.26. The third-order valence-electron chi connectivity index (χ3n) is 2.26. The maximum absolute atomic E-state index is 9.72. The van der Waals surface area contributed by atoms with Crippen molar-refractivity contribution in [2.24, 2.45) is 10.8 Å². The van der Waals surface area contributed by atoms with E-state index in [9.17, 15) is 5.11 Å². The van der Waals surface area contributed by atoms with E-state index < -0.39 is 0 Å². The van der Waals surface area contributed by atoms with Crippen LogP contribution in [0, 0.1) is 0 Å². The molecule has 0 atom stereocenters. The predicted molar refractivity (Wildman–Crippen MR) is 78.9 cm³/mol. The molecule has 0 amide bonds. The Hall–Kier alpha value is -1.92. The van der Waals surface area contributed by atoms with Crippen molar-refractivity contribution in [3.05, 3.63) is 40.6 Å². The largest absolute Gasteiger partial charge is 0.507 e. The molecule has 92 valence electrons. The van der Waals surface area contributed by atoms with Crippen LogP contribution in [0.5, 0.6) is 5.75 Å². The molecule has 0 saturated carbocycles. The van der Waals surface area contributed by atoms with Crippen LogP contribution in [0.25, 0.3) is 11.1 Å². The number of thiocarbonyl (C=S) groups is 1. The van der Waals surface area contributed by atoms with Gasteiger partial charge in [0.05, 0.1) is 6.21 Å². The van der Waals surface area contributed by atoms with Gasteiger partial charge in [-0.15, -0.1) is 0 Å². The lowest BCUT2D eigenvalue weighted by Crippen LogP contribution is -2.23. The highest BCUT2D eigenvalue weighted by Gasteiger charge is 2.03. The van der Waals surface area contributed by atoms with Crippen LogP contribution >= 0.6 is 23.6 Å². The molecule has 18 heavy (non-hydrogen) atoms. The van der Waals surface area contributed by atoms with E-state index in [2.05, 4.69) is 22.7 Å². The number of phenols is 1. The molecular formula is C12H11N3OS2. The molecule has 2 aromatic rings.